The van der Waals surface area contributed by atoms with Gasteiger partial charge in [-0.05, 0) is 303 Å². The molecule has 0 atom stereocenters. The molecule has 8 bridgehead atoms. The van der Waals surface area contributed by atoms with Crippen molar-refractivity contribution in [2.45, 2.75) is 134 Å². The Kier molecular flexibility index (Phi) is 11.6. The number of nitrogens with zero attached hydrogens (tertiary/aromatic N) is 2. The van der Waals surface area contributed by atoms with Crippen molar-refractivity contribution in [3.05, 3.63) is 247 Å². The fourth-order valence-electron chi connectivity index (χ4n) is 25.1. The molecule has 2 nitrogen and oxygen atoms in total. The van der Waals surface area contributed by atoms with Crippen molar-refractivity contribution in [2.75, 3.05) is 0 Å². The maximum Gasteiger partial charge on any atom is 0.252 e. The van der Waals surface area contributed by atoms with E-state index in [1.165, 1.54) is 251 Å². The molecule has 8 fully saturated rings. The highest BCUT2D eigenvalue weighted by atomic mass is 15.0. The second-order valence-electron chi connectivity index (χ2n) is 36.5. The van der Waals surface area contributed by atoms with Gasteiger partial charge in [0.05, 0.1) is 16.6 Å². The summed E-state index contributed by atoms with van der Waals surface area (Å²) in [6, 6.07) is 91.0. The smallest absolute Gasteiger partial charge is 0.252 e. The number of rotatable bonds is 5. The normalized spacial score (nSPS) is 23.6. The number of hydrogen-bond acceptors (Lipinski definition) is 0. The third kappa shape index (κ3) is 8.02. The second kappa shape index (κ2) is 20.4. The number of benzene rings is 14. The zero-order chi connectivity index (χ0) is 68.0. The highest BCUT2D eigenvalue weighted by Gasteiger charge is 2.52. The van der Waals surface area contributed by atoms with Gasteiger partial charge in [-0.1, -0.05) is 224 Å². The molecule has 14 aromatic carbocycles. The molecule has 0 saturated heterocycles. The van der Waals surface area contributed by atoms with E-state index >= 15 is 0 Å². The van der Waals surface area contributed by atoms with Gasteiger partial charge in [0, 0.05) is 49.2 Å². The molecule has 498 valence electrons. The Hall–Kier alpha value is -9.70. The lowest BCUT2D eigenvalue weighted by atomic mass is 9.34. The Morgan fingerprint density at radius 2 is 0.816 bits per heavy atom. The maximum absolute atomic E-state index is 2.81. The molecule has 0 radical (unpaired) electrons. The van der Waals surface area contributed by atoms with Crippen LogP contribution in [0.5, 0.6) is 0 Å². The first-order valence-corrected chi connectivity index (χ1v) is 39.5. The lowest BCUT2D eigenvalue weighted by molar-refractivity contribution is -0.00518. The van der Waals surface area contributed by atoms with Crippen molar-refractivity contribution in [1.82, 2.24) is 9.13 Å². The molecule has 26 rings (SSSR count). The summed E-state index contributed by atoms with van der Waals surface area (Å²) in [6.07, 6.45) is 15.8. The van der Waals surface area contributed by atoms with E-state index in [0.29, 0.717) is 11.3 Å². The fraction of sp³-hybridized carbons (Fsp3) is 0.280. The summed E-state index contributed by atoms with van der Waals surface area (Å²) in [5.74, 6) is 6.98. The van der Waals surface area contributed by atoms with Crippen LogP contribution in [0.1, 0.15) is 140 Å². The van der Waals surface area contributed by atoms with Gasteiger partial charge in [0.1, 0.15) is 0 Å². The van der Waals surface area contributed by atoms with Crippen LogP contribution in [0.15, 0.2) is 224 Å². The monoisotopic (exact) mass is 1320 g/mol. The number of hydrogen-bond donors (Lipinski definition) is 0. The number of aromatic nitrogens is 2. The minimum atomic E-state index is -0.124. The summed E-state index contributed by atoms with van der Waals surface area (Å²) in [4.78, 5) is 0. The molecule has 0 spiro atoms. The van der Waals surface area contributed by atoms with E-state index in [-0.39, 0.29) is 17.5 Å². The zero-order valence-electron chi connectivity index (χ0n) is 60.2. The molecular weight excluding hydrogens is 1240 g/mol. The van der Waals surface area contributed by atoms with Crippen molar-refractivity contribution in [1.29, 1.82) is 0 Å². The van der Waals surface area contributed by atoms with Crippen molar-refractivity contribution in [3.63, 3.8) is 0 Å². The molecule has 2 aromatic heterocycles. The molecule has 0 amide bonds. The van der Waals surface area contributed by atoms with Crippen molar-refractivity contribution < 1.29 is 0 Å². The molecule has 103 heavy (non-hydrogen) atoms. The highest BCUT2D eigenvalue weighted by Crippen LogP contribution is 2.63. The zero-order valence-corrected chi connectivity index (χ0v) is 60.2. The van der Waals surface area contributed by atoms with E-state index in [2.05, 4.69) is 275 Å². The van der Waals surface area contributed by atoms with Gasteiger partial charge in [-0.2, -0.15) is 0 Å². The van der Waals surface area contributed by atoms with Crippen LogP contribution in [0.4, 0.5) is 0 Å². The van der Waals surface area contributed by atoms with Crippen LogP contribution in [0, 0.1) is 41.4 Å². The third-order valence-electron chi connectivity index (χ3n) is 28.8. The van der Waals surface area contributed by atoms with Gasteiger partial charge in [-0.15, -0.1) is 0 Å². The van der Waals surface area contributed by atoms with Gasteiger partial charge in [0.15, 0.2) is 0 Å². The summed E-state index contributed by atoms with van der Waals surface area (Å²) < 4.78 is 5.56. The third-order valence-corrected chi connectivity index (χ3v) is 28.8. The van der Waals surface area contributed by atoms with Crippen LogP contribution < -0.4 is 16.4 Å². The topological polar surface area (TPSA) is 9.86 Å². The maximum atomic E-state index is 2.81. The van der Waals surface area contributed by atoms with E-state index in [9.17, 15) is 0 Å². The van der Waals surface area contributed by atoms with Crippen LogP contribution >= 0.6 is 0 Å². The summed E-state index contributed by atoms with van der Waals surface area (Å²) in [5, 5.41) is 21.1. The van der Waals surface area contributed by atoms with E-state index in [1.807, 2.05) is 0 Å². The van der Waals surface area contributed by atoms with Crippen LogP contribution in [0.25, 0.3) is 153 Å². The quantitative estimate of drug-likeness (QED) is 0.120. The summed E-state index contributed by atoms with van der Waals surface area (Å²) >= 11 is 0. The highest BCUT2D eigenvalue weighted by molar-refractivity contribution is 7.00. The van der Waals surface area contributed by atoms with Gasteiger partial charge in [0.2, 0.25) is 0 Å². The van der Waals surface area contributed by atoms with Crippen LogP contribution in [-0.2, 0) is 16.2 Å². The minimum absolute atomic E-state index is 0.0418. The van der Waals surface area contributed by atoms with Crippen molar-refractivity contribution in [3.8, 4) is 44.8 Å². The predicted molar refractivity (Wildman–Crippen MR) is 438 cm³/mol. The van der Waals surface area contributed by atoms with Crippen molar-refractivity contribution in [2.24, 2.45) is 41.4 Å². The van der Waals surface area contributed by atoms with Crippen LogP contribution in [0.2, 0.25) is 0 Å². The Morgan fingerprint density at radius 3 is 1.41 bits per heavy atom. The second-order valence-corrected chi connectivity index (χ2v) is 36.5. The SMILES string of the molecule is CC(C)(C)c1ccc2c(c1)c1cc(C(C)(C)C)cc3c1n2-c1cc(-c2ccc(-c4ccc(C56CC7CC(CC(C7)C5)C6)cc4)cc2-c2ccc(C4C5CC6CC(C5)CC4C6)cc2)cc2c1B3c1cc3c4ccccc4c4ccccc4c3c3c4c5c6ccccc6c6ccccc6c5ccc4n-2c13. The Balaban J connectivity index is 0.829. The van der Waals surface area contributed by atoms with Crippen LogP contribution in [0.3, 0.4) is 0 Å². The van der Waals surface area contributed by atoms with Gasteiger partial charge in [0.25, 0.3) is 6.71 Å². The number of fused-ring (bicyclic) bond motifs is 24. The van der Waals surface area contributed by atoms with Gasteiger partial charge < -0.3 is 9.13 Å². The molecule has 16 aromatic rings. The largest absolute Gasteiger partial charge is 0.310 e. The Bertz CT molecular complexity index is 6390. The average Bonchev–Trinajstić information content (AvgIpc) is 1.53. The molecule has 3 heteroatoms. The molecule has 10 aliphatic rings. The standard InChI is InChI=1S/C100H85BN2/c1-98(2,3)68-32-35-86-81(48-68)83-49-69(99(4,5)6)50-84-96(83)102(86)88-46-64(70-33-29-63(60-27-30-67(31-28-60)100-52-57-38-58(53-100)40-59(39-57)54-100)45-80(70)61-23-25-62(26-24-61)90-65-41-55-37-56(43-65)44-66(90)42-55)47-89-95(88)101(84)85-51-82-76-20-10-8-16-72(76)74-18-12-14-22-78(74)92(82)94-93-87(103(89)97(85)94)36-34-79-75-19-9-7-15-71(75)73-17-11-13-21-77(73)91(79)93/h7-36,45-51,55-59,65-66,90H,37-44,52-54H2,1-6H3. The summed E-state index contributed by atoms with van der Waals surface area (Å²) in [7, 11) is 0. The van der Waals surface area contributed by atoms with Gasteiger partial charge in [-0.3, -0.25) is 0 Å². The summed E-state index contributed by atoms with van der Waals surface area (Å²) in [6.45, 7) is 14.3. The van der Waals surface area contributed by atoms with Gasteiger partial charge >= 0.3 is 0 Å². The molecule has 8 saturated carbocycles. The van der Waals surface area contributed by atoms with E-state index in [1.54, 1.807) is 11.1 Å². The fourth-order valence-corrected chi connectivity index (χ4v) is 25.1. The molecular formula is C100H85BN2. The minimum Gasteiger partial charge on any atom is -0.310 e. The molecule has 8 aliphatic carbocycles. The van der Waals surface area contributed by atoms with Crippen LogP contribution in [-0.4, -0.2) is 15.8 Å². The average molecular weight is 1330 g/mol. The van der Waals surface area contributed by atoms with Gasteiger partial charge in [-0.25, -0.2) is 0 Å². The van der Waals surface area contributed by atoms with E-state index < -0.39 is 0 Å². The molecule has 0 N–H and O–H groups in total. The summed E-state index contributed by atoms with van der Waals surface area (Å²) in [5.41, 5.74) is 25.8. The first kappa shape index (κ1) is 58.8. The molecule has 4 heterocycles. The first-order chi connectivity index (χ1) is 50.2. The lowest BCUT2D eigenvalue weighted by Gasteiger charge is -2.57. The lowest BCUT2D eigenvalue weighted by Crippen LogP contribution is -2.59. The Morgan fingerprint density at radius 1 is 0.330 bits per heavy atom. The molecule has 2 aliphatic heterocycles. The molecule has 0 unspecified atom stereocenters. The van der Waals surface area contributed by atoms with E-state index in [0.717, 1.165) is 41.4 Å². The first-order valence-electron chi connectivity index (χ1n) is 39.5. The Labute approximate surface area is 603 Å². The predicted octanol–water partition coefficient (Wildman–Crippen LogP) is 24.5. The van der Waals surface area contributed by atoms with E-state index in [4.69, 9.17) is 0 Å². The van der Waals surface area contributed by atoms with Crippen molar-refractivity contribution >= 4 is 131 Å².